The summed E-state index contributed by atoms with van der Waals surface area (Å²) >= 11 is 1.71. The van der Waals surface area contributed by atoms with Crippen LogP contribution < -0.4 is 5.32 Å². The van der Waals surface area contributed by atoms with Gasteiger partial charge in [-0.3, -0.25) is 0 Å². The SMILES string of the molecule is CC(C)NCc1nc(COCCN2CCCCC2)cs1. The Kier molecular flexibility index (Phi) is 6.93. The molecule has 0 spiro atoms. The van der Waals surface area contributed by atoms with E-state index >= 15 is 0 Å². The lowest BCUT2D eigenvalue weighted by Crippen LogP contribution is -2.32. The Balaban J connectivity index is 1.59. The predicted octanol–water partition coefficient (Wildman–Crippen LogP) is 2.64. The average Bonchev–Trinajstić information content (AvgIpc) is 2.90. The highest BCUT2D eigenvalue weighted by Gasteiger charge is 2.09. The molecule has 1 aromatic heterocycles. The Morgan fingerprint density at radius 2 is 2.15 bits per heavy atom. The summed E-state index contributed by atoms with van der Waals surface area (Å²) in [6.07, 6.45) is 4.08. The van der Waals surface area contributed by atoms with Gasteiger partial charge in [0, 0.05) is 24.5 Å². The number of hydrogen-bond acceptors (Lipinski definition) is 5. The van der Waals surface area contributed by atoms with Crippen molar-refractivity contribution in [2.75, 3.05) is 26.2 Å². The molecule has 1 aliphatic heterocycles. The van der Waals surface area contributed by atoms with Gasteiger partial charge in [0.15, 0.2) is 0 Å². The lowest BCUT2D eigenvalue weighted by molar-refractivity contribution is 0.0847. The first-order chi connectivity index (χ1) is 9.74. The molecule has 5 heteroatoms. The first-order valence-corrected chi connectivity index (χ1v) is 8.59. The van der Waals surface area contributed by atoms with E-state index in [0.29, 0.717) is 12.6 Å². The summed E-state index contributed by atoms with van der Waals surface area (Å²) in [4.78, 5) is 7.09. The molecule has 1 aromatic rings. The number of hydrogen-bond donors (Lipinski definition) is 1. The van der Waals surface area contributed by atoms with E-state index < -0.39 is 0 Å². The van der Waals surface area contributed by atoms with Crippen molar-refractivity contribution < 1.29 is 4.74 Å². The number of rotatable bonds is 8. The lowest BCUT2D eigenvalue weighted by Gasteiger charge is -2.25. The molecule has 0 bridgehead atoms. The van der Waals surface area contributed by atoms with Crippen molar-refractivity contribution in [1.29, 1.82) is 0 Å². The molecule has 2 heterocycles. The van der Waals surface area contributed by atoms with Crippen LogP contribution in [0.2, 0.25) is 0 Å². The van der Waals surface area contributed by atoms with Crippen LogP contribution >= 0.6 is 11.3 Å². The molecule has 1 fully saturated rings. The summed E-state index contributed by atoms with van der Waals surface area (Å²) in [7, 11) is 0. The third-order valence-corrected chi connectivity index (χ3v) is 4.41. The van der Waals surface area contributed by atoms with E-state index in [2.05, 4.69) is 34.4 Å². The van der Waals surface area contributed by atoms with E-state index in [4.69, 9.17) is 4.74 Å². The zero-order valence-electron chi connectivity index (χ0n) is 12.7. The predicted molar refractivity (Wildman–Crippen MR) is 84.0 cm³/mol. The molecule has 0 atom stereocenters. The van der Waals surface area contributed by atoms with Gasteiger partial charge in [-0.1, -0.05) is 20.3 Å². The zero-order valence-corrected chi connectivity index (χ0v) is 13.5. The Hall–Kier alpha value is -0.490. The van der Waals surface area contributed by atoms with Crippen LogP contribution in [0.3, 0.4) is 0 Å². The summed E-state index contributed by atoms with van der Waals surface area (Å²) in [5.74, 6) is 0. The van der Waals surface area contributed by atoms with E-state index in [0.717, 1.165) is 30.4 Å². The molecular formula is C15H27N3OS. The molecule has 0 unspecified atom stereocenters. The second-order valence-corrected chi connectivity index (χ2v) is 6.67. The largest absolute Gasteiger partial charge is 0.374 e. The molecule has 0 aliphatic carbocycles. The molecular weight excluding hydrogens is 270 g/mol. The molecule has 1 N–H and O–H groups in total. The Labute approximate surface area is 126 Å². The van der Waals surface area contributed by atoms with Gasteiger partial charge in [0.05, 0.1) is 18.9 Å². The molecule has 20 heavy (non-hydrogen) atoms. The van der Waals surface area contributed by atoms with E-state index in [1.54, 1.807) is 11.3 Å². The maximum absolute atomic E-state index is 5.74. The second kappa shape index (κ2) is 8.72. The van der Waals surface area contributed by atoms with Crippen LogP contribution in [0.5, 0.6) is 0 Å². The van der Waals surface area contributed by atoms with E-state index in [9.17, 15) is 0 Å². The van der Waals surface area contributed by atoms with Crippen molar-refractivity contribution in [2.24, 2.45) is 0 Å². The Bertz CT molecular complexity index is 375. The highest BCUT2D eigenvalue weighted by Crippen LogP contribution is 2.11. The maximum Gasteiger partial charge on any atom is 0.107 e. The molecule has 0 aromatic carbocycles. The quantitative estimate of drug-likeness (QED) is 0.749. The maximum atomic E-state index is 5.74. The van der Waals surface area contributed by atoms with Crippen molar-refractivity contribution in [3.63, 3.8) is 0 Å². The Morgan fingerprint density at radius 1 is 1.35 bits per heavy atom. The normalized spacial score (nSPS) is 16.9. The molecule has 0 saturated carbocycles. The van der Waals surface area contributed by atoms with Crippen LogP contribution in [0.1, 0.15) is 43.8 Å². The highest BCUT2D eigenvalue weighted by atomic mass is 32.1. The fourth-order valence-corrected chi connectivity index (χ4v) is 3.07. The number of likely N-dealkylation sites (tertiary alicyclic amines) is 1. The van der Waals surface area contributed by atoms with Gasteiger partial charge in [0.1, 0.15) is 5.01 Å². The van der Waals surface area contributed by atoms with Crippen molar-refractivity contribution in [1.82, 2.24) is 15.2 Å². The third-order valence-electron chi connectivity index (χ3n) is 3.51. The minimum atomic E-state index is 0.503. The van der Waals surface area contributed by atoms with Crippen LogP contribution in [0, 0.1) is 0 Å². The number of ether oxygens (including phenoxy) is 1. The van der Waals surface area contributed by atoms with Gasteiger partial charge in [-0.15, -0.1) is 11.3 Å². The van der Waals surface area contributed by atoms with E-state index in [1.807, 2.05) is 0 Å². The van der Waals surface area contributed by atoms with Gasteiger partial charge in [0.25, 0.3) is 0 Å². The molecule has 4 nitrogen and oxygen atoms in total. The summed E-state index contributed by atoms with van der Waals surface area (Å²) in [6, 6.07) is 0.503. The molecule has 1 saturated heterocycles. The van der Waals surface area contributed by atoms with Gasteiger partial charge in [-0.05, 0) is 25.9 Å². The van der Waals surface area contributed by atoms with Crippen LogP contribution in [-0.2, 0) is 17.9 Å². The van der Waals surface area contributed by atoms with Gasteiger partial charge in [0.2, 0.25) is 0 Å². The van der Waals surface area contributed by atoms with Crippen LogP contribution in [-0.4, -0.2) is 42.2 Å². The monoisotopic (exact) mass is 297 g/mol. The number of nitrogens with one attached hydrogen (secondary N) is 1. The molecule has 1 aliphatic rings. The van der Waals surface area contributed by atoms with Crippen LogP contribution in [0.25, 0.3) is 0 Å². The summed E-state index contributed by atoms with van der Waals surface area (Å²) in [5, 5.41) is 6.64. The van der Waals surface area contributed by atoms with Gasteiger partial charge in [-0.25, -0.2) is 4.98 Å². The Morgan fingerprint density at radius 3 is 2.90 bits per heavy atom. The number of aromatic nitrogens is 1. The highest BCUT2D eigenvalue weighted by molar-refractivity contribution is 7.09. The molecule has 0 radical (unpaired) electrons. The van der Waals surface area contributed by atoms with E-state index in [-0.39, 0.29) is 0 Å². The fraction of sp³-hybridized carbons (Fsp3) is 0.800. The third kappa shape index (κ3) is 5.87. The molecule has 2 rings (SSSR count). The minimum Gasteiger partial charge on any atom is -0.374 e. The van der Waals surface area contributed by atoms with Gasteiger partial charge in [-0.2, -0.15) is 0 Å². The summed E-state index contributed by atoms with van der Waals surface area (Å²) in [6.45, 7) is 10.2. The number of piperidine rings is 1. The zero-order chi connectivity index (χ0) is 14.2. The standard InChI is InChI=1S/C15H27N3OS/c1-13(2)16-10-15-17-14(12-20-15)11-19-9-8-18-6-4-3-5-7-18/h12-13,16H,3-11H2,1-2H3. The van der Waals surface area contributed by atoms with Gasteiger partial charge >= 0.3 is 0 Å². The summed E-state index contributed by atoms with van der Waals surface area (Å²) < 4.78 is 5.74. The van der Waals surface area contributed by atoms with Crippen molar-refractivity contribution in [3.8, 4) is 0 Å². The molecule has 0 amide bonds. The number of thiazole rings is 1. The summed E-state index contributed by atoms with van der Waals surface area (Å²) in [5.41, 5.74) is 1.06. The van der Waals surface area contributed by atoms with Crippen LogP contribution in [0.15, 0.2) is 5.38 Å². The van der Waals surface area contributed by atoms with Crippen molar-refractivity contribution in [3.05, 3.63) is 16.1 Å². The fourth-order valence-electron chi connectivity index (χ4n) is 2.34. The van der Waals surface area contributed by atoms with E-state index in [1.165, 1.54) is 32.4 Å². The van der Waals surface area contributed by atoms with Gasteiger partial charge < -0.3 is 15.0 Å². The smallest absolute Gasteiger partial charge is 0.107 e. The van der Waals surface area contributed by atoms with Crippen LogP contribution in [0.4, 0.5) is 0 Å². The first kappa shape index (κ1) is 15.9. The topological polar surface area (TPSA) is 37.4 Å². The second-order valence-electron chi connectivity index (χ2n) is 5.72. The first-order valence-electron chi connectivity index (χ1n) is 7.71. The minimum absolute atomic E-state index is 0.503. The number of nitrogens with zero attached hydrogens (tertiary/aromatic N) is 2. The van der Waals surface area contributed by atoms with Crippen molar-refractivity contribution >= 4 is 11.3 Å². The lowest BCUT2D eigenvalue weighted by atomic mass is 10.1. The van der Waals surface area contributed by atoms with Crippen molar-refractivity contribution in [2.45, 2.75) is 52.3 Å². The molecule has 114 valence electrons. The average molecular weight is 297 g/mol.